The molecular weight excluding hydrogens is 368 g/mol. The molecule has 10 heteroatoms. The Bertz CT molecular complexity index is 950. The van der Waals surface area contributed by atoms with Crippen LogP contribution in [0.25, 0.3) is 11.4 Å². The molecule has 0 spiro atoms. The highest BCUT2D eigenvalue weighted by molar-refractivity contribution is 6.30. The van der Waals surface area contributed by atoms with Gasteiger partial charge in [-0.25, -0.2) is 9.67 Å². The van der Waals surface area contributed by atoms with Crippen molar-refractivity contribution < 1.29 is 4.52 Å². The van der Waals surface area contributed by atoms with Gasteiger partial charge in [0, 0.05) is 30.1 Å². The Morgan fingerprint density at radius 1 is 1.44 bits per heavy atom. The van der Waals surface area contributed by atoms with Crippen molar-refractivity contribution in [3.8, 4) is 11.4 Å². The summed E-state index contributed by atoms with van der Waals surface area (Å²) in [6, 6.07) is 7.57. The fraction of sp³-hybridized carbons (Fsp3) is 0.353. The molecule has 0 aliphatic carbocycles. The van der Waals surface area contributed by atoms with Crippen molar-refractivity contribution in [3.05, 3.63) is 47.3 Å². The van der Waals surface area contributed by atoms with Gasteiger partial charge in [-0.1, -0.05) is 28.9 Å². The van der Waals surface area contributed by atoms with E-state index >= 15 is 0 Å². The maximum Gasteiger partial charge on any atom is 0.246 e. The molecule has 0 bridgehead atoms. The van der Waals surface area contributed by atoms with E-state index in [1.165, 1.54) is 0 Å². The highest BCUT2D eigenvalue weighted by Gasteiger charge is 2.20. The van der Waals surface area contributed by atoms with Crippen molar-refractivity contribution in [2.45, 2.75) is 32.0 Å². The number of hydrogen-bond acceptors (Lipinski definition) is 6. The van der Waals surface area contributed by atoms with Crippen LogP contribution < -0.4 is 10.6 Å². The zero-order valence-corrected chi connectivity index (χ0v) is 15.5. The average molecular weight is 387 g/mol. The molecule has 1 unspecified atom stereocenters. The summed E-state index contributed by atoms with van der Waals surface area (Å²) in [5, 5.41) is 15.5. The number of nitrogens with zero attached hydrogens (tertiary/aromatic N) is 6. The summed E-state index contributed by atoms with van der Waals surface area (Å²) >= 11 is 6.01. The zero-order chi connectivity index (χ0) is 18.6. The molecular formula is C17H19ClN8O. The minimum Gasteiger partial charge on any atom is -0.352 e. The van der Waals surface area contributed by atoms with Gasteiger partial charge in [0.15, 0.2) is 5.96 Å². The fourth-order valence-corrected chi connectivity index (χ4v) is 3.16. The molecule has 1 aliphatic heterocycles. The molecule has 0 amide bonds. The van der Waals surface area contributed by atoms with Crippen LogP contribution >= 0.6 is 11.6 Å². The Kier molecular flexibility index (Phi) is 5.01. The van der Waals surface area contributed by atoms with Gasteiger partial charge in [0.25, 0.3) is 0 Å². The standard InChI is InChI=1S/C17H19ClN8O/c1-19-17(23-13-5-6-14-21-10-22-26(14)9-13)20-8-15-24-16(25-27-15)11-3-2-4-12(18)7-11/h2-4,7,10,13H,5-6,8-9H2,1H3,(H2,19,20,23). The van der Waals surface area contributed by atoms with Crippen LogP contribution in [0.3, 0.4) is 0 Å². The highest BCUT2D eigenvalue weighted by Crippen LogP contribution is 2.19. The Morgan fingerprint density at radius 2 is 2.37 bits per heavy atom. The predicted molar refractivity (Wildman–Crippen MR) is 100 cm³/mol. The van der Waals surface area contributed by atoms with Gasteiger partial charge in [-0.3, -0.25) is 4.99 Å². The maximum absolute atomic E-state index is 6.01. The van der Waals surface area contributed by atoms with E-state index in [4.69, 9.17) is 16.1 Å². The lowest BCUT2D eigenvalue weighted by atomic mass is 10.1. The Hall–Kier alpha value is -2.94. The molecule has 3 heterocycles. The summed E-state index contributed by atoms with van der Waals surface area (Å²) in [6.07, 6.45) is 3.46. The number of guanidine groups is 1. The van der Waals surface area contributed by atoms with Crippen LogP contribution in [0.1, 0.15) is 18.1 Å². The third-order valence-electron chi connectivity index (χ3n) is 4.33. The molecule has 1 aliphatic rings. The topological polar surface area (TPSA) is 106 Å². The second-order valence-electron chi connectivity index (χ2n) is 6.19. The molecule has 3 aromatic rings. The number of aliphatic imine (C=N–C) groups is 1. The summed E-state index contributed by atoms with van der Waals surface area (Å²) in [6.45, 7) is 1.13. The minimum absolute atomic E-state index is 0.232. The van der Waals surface area contributed by atoms with E-state index in [1.807, 2.05) is 16.8 Å². The number of fused-ring (bicyclic) bond motifs is 1. The van der Waals surface area contributed by atoms with Crippen molar-refractivity contribution in [1.82, 2.24) is 35.5 Å². The van der Waals surface area contributed by atoms with E-state index in [-0.39, 0.29) is 6.04 Å². The molecule has 140 valence electrons. The minimum atomic E-state index is 0.232. The maximum atomic E-state index is 6.01. The largest absolute Gasteiger partial charge is 0.352 e. The van der Waals surface area contributed by atoms with E-state index in [9.17, 15) is 0 Å². The lowest BCUT2D eigenvalue weighted by Gasteiger charge is -2.25. The number of rotatable bonds is 4. The molecule has 0 saturated carbocycles. The second-order valence-corrected chi connectivity index (χ2v) is 6.62. The van der Waals surface area contributed by atoms with E-state index in [0.29, 0.717) is 29.2 Å². The molecule has 2 aromatic heterocycles. The molecule has 2 N–H and O–H groups in total. The summed E-state index contributed by atoms with van der Waals surface area (Å²) < 4.78 is 7.23. The van der Waals surface area contributed by atoms with Crippen LogP contribution in [0.2, 0.25) is 5.02 Å². The number of hydrogen-bond donors (Lipinski definition) is 2. The summed E-state index contributed by atoms with van der Waals surface area (Å²) in [5.41, 5.74) is 0.811. The van der Waals surface area contributed by atoms with Crippen LogP contribution in [0.5, 0.6) is 0 Å². The first-order chi connectivity index (χ1) is 13.2. The third kappa shape index (κ3) is 4.08. The van der Waals surface area contributed by atoms with E-state index in [0.717, 1.165) is 30.8 Å². The normalized spacial score (nSPS) is 16.8. The van der Waals surface area contributed by atoms with Gasteiger partial charge in [-0.15, -0.1) is 0 Å². The average Bonchev–Trinajstić information content (AvgIpc) is 3.34. The van der Waals surface area contributed by atoms with Crippen LogP contribution in [0, 0.1) is 0 Å². The van der Waals surface area contributed by atoms with Gasteiger partial charge in [-0.05, 0) is 18.6 Å². The number of benzene rings is 1. The van der Waals surface area contributed by atoms with Gasteiger partial charge in [0.05, 0.1) is 13.1 Å². The number of nitrogens with one attached hydrogen (secondary N) is 2. The highest BCUT2D eigenvalue weighted by atomic mass is 35.5. The third-order valence-corrected chi connectivity index (χ3v) is 4.56. The summed E-state index contributed by atoms with van der Waals surface area (Å²) in [4.78, 5) is 12.9. The van der Waals surface area contributed by atoms with Crippen LogP contribution in [0.4, 0.5) is 0 Å². The molecule has 0 fully saturated rings. The lowest BCUT2D eigenvalue weighted by molar-refractivity contribution is 0.371. The summed E-state index contributed by atoms with van der Waals surface area (Å²) in [7, 11) is 1.73. The first-order valence-electron chi connectivity index (χ1n) is 8.63. The van der Waals surface area contributed by atoms with Gasteiger partial charge in [0.1, 0.15) is 12.2 Å². The van der Waals surface area contributed by atoms with Gasteiger partial charge < -0.3 is 15.2 Å². The van der Waals surface area contributed by atoms with Crippen molar-refractivity contribution in [1.29, 1.82) is 0 Å². The number of aromatic nitrogens is 5. The lowest BCUT2D eigenvalue weighted by Crippen LogP contribution is -2.46. The van der Waals surface area contributed by atoms with Crippen LogP contribution in [0.15, 0.2) is 40.1 Å². The van der Waals surface area contributed by atoms with Crippen LogP contribution in [-0.4, -0.2) is 44.0 Å². The first-order valence-corrected chi connectivity index (χ1v) is 9.01. The molecule has 9 nitrogen and oxygen atoms in total. The molecule has 0 radical (unpaired) electrons. The van der Waals surface area contributed by atoms with Crippen LogP contribution in [-0.2, 0) is 19.5 Å². The SMILES string of the molecule is CN=C(NCc1nc(-c2cccc(Cl)c2)no1)NC1CCc2ncnn2C1. The molecule has 1 atom stereocenters. The zero-order valence-electron chi connectivity index (χ0n) is 14.8. The van der Waals surface area contributed by atoms with Crippen molar-refractivity contribution in [3.63, 3.8) is 0 Å². The van der Waals surface area contributed by atoms with Gasteiger partial charge >= 0.3 is 0 Å². The van der Waals surface area contributed by atoms with Crippen molar-refractivity contribution >= 4 is 17.6 Å². The quantitative estimate of drug-likeness (QED) is 0.518. The van der Waals surface area contributed by atoms with E-state index in [2.05, 4.69) is 35.8 Å². The fourth-order valence-electron chi connectivity index (χ4n) is 2.97. The van der Waals surface area contributed by atoms with Crippen molar-refractivity contribution in [2.75, 3.05) is 7.05 Å². The Balaban J connectivity index is 1.34. The Labute approximate surface area is 160 Å². The number of aryl methyl sites for hydroxylation is 1. The van der Waals surface area contributed by atoms with Gasteiger partial charge in [-0.2, -0.15) is 10.1 Å². The number of halogens is 1. The molecule has 27 heavy (non-hydrogen) atoms. The van der Waals surface area contributed by atoms with E-state index in [1.54, 1.807) is 25.5 Å². The Morgan fingerprint density at radius 3 is 3.22 bits per heavy atom. The van der Waals surface area contributed by atoms with Crippen molar-refractivity contribution in [2.24, 2.45) is 4.99 Å². The molecule has 1 aromatic carbocycles. The first kappa shape index (κ1) is 17.5. The predicted octanol–water partition coefficient (Wildman–Crippen LogP) is 1.66. The monoisotopic (exact) mass is 386 g/mol. The summed E-state index contributed by atoms with van der Waals surface area (Å²) in [5.74, 6) is 2.67. The smallest absolute Gasteiger partial charge is 0.246 e. The molecule has 0 saturated heterocycles. The second kappa shape index (κ2) is 7.75. The van der Waals surface area contributed by atoms with E-state index < -0.39 is 0 Å². The molecule has 4 rings (SSSR count). The van der Waals surface area contributed by atoms with Gasteiger partial charge in [0.2, 0.25) is 11.7 Å².